The molecule has 5 nitrogen and oxygen atoms in total. The first-order valence-electron chi connectivity index (χ1n) is 9.35. The molecule has 5 heteroatoms. The van der Waals surface area contributed by atoms with Gasteiger partial charge in [-0.15, -0.1) is 0 Å². The van der Waals surface area contributed by atoms with Gasteiger partial charge in [-0.1, -0.05) is 34.6 Å². The molecule has 2 aromatic rings. The van der Waals surface area contributed by atoms with Gasteiger partial charge in [0.1, 0.15) is 23.3 Å². The van der Waals surface area contributed by atoms with Crippen LogP contribution in [0.1, 0.15) is 47.1 Å². The van der Waals surface area contributed by atoms with Gasteiger partial charge in [0.05, 0.1) is 12.2 Å². The molecule has 2 rings (SSSR count). The average molecular weight is 380 g/mol. The molecule has 0 radical (unpaired) electrons. The minimum absolute atomic E-state index is 0.0258. The predicted molar refractivity (Wildman–Crippen MR) is 111 cm³/mol. The van der Waals surface area contributed by atoms with Gasteiger partial charge in [0.2, 0.25) is 5.91 Å². The lowest BCUT2D eigenvalue weighted by Gasteiger charge is -2.37. The molecule has 0 aromatic heterocycles. The maximum absolute atomic E-state index is 12.6. The number of nitrogens with zero attached hydrogens (tertiary/aromatic N) is 1. The van der Waals surface area contributed by atoms with Crippen LogP contribution >= 0.6 is 0 Å². The van der Waals surface area contributed by atoms with E-state index in [1.807, 2.05) is 20.8 Å². The largest absolute Gasteiger partial charge is 0.492 e. The van der Waals surface area contributed by atoms with Crippen LogP contribution in [0.3, 0.4) is 0 Å². The Morgan fingerprint density at radius 2 is 1.64 bits per heavy atom. The molecule has 2 aromatic carbocycles. The summed E-state index contributed by atoms with van der Waals surface area (Å²) in [5.41, 5.74) is 0.507. The minimum atomic E-state index is -0.514. The van der Waals surface area contributed by atoms with Crippen LogP contribution in [-0.2, 0) is 4.79 Å². The number of nitriles is 1. The van der Waals surface area contributed by atoms with Gasteiger partial charge >= 0.3 is 0 Å². The van der Waals surface area contributed by atoms with Gasteiger partial charge in [-0.05, 0) is 48.7 Å². The van der Waals surface area contributed by atoms with Crippen molar-refractivity contribution in [2.75, 3.05) is 11.9 Å². The van der Waals surface area contributed by atoms with Crippen LogP contribution in [0.5, 0.6) is 17.2 Å². The summed E-state index contributed by atoms with van der Waals surface area (Å²) in [7, 11) is 0. The number of carbonyl (C=O) groups excluding carboxylic acids is 1. The molecule has 0 spiro atoms. The van der Waals surface area contributed by atoms with E-state index < -0.39 is 5.41 Å². The molecular weight excluding hydrogens is 352 g/mol. The standard InChI is InChI=1S/C23H28N2O3/c1-7-27-20-14-19(11-8-16(20)15-24)28-18-12-9-17(10-13-18)25-21(26)23(5,6)22(2,3)4/h8-14H,7H2,1-6H3,(H,25,26). The highest BCUT2D eigenvalue weighted by Gasteiger charge is 2.39. The molecule has 28 heavy (non-hydrogen) atoms. The zero-order valence-electron chi connectivity index (χ0n) is 17.4. The highest BCUT2D eigenvalue weighted by molar-refractivity contribution is 5.95. The normalized spacial score (nSPS) is 11.5. The molecular formula is C23H28N2O3. The van der Waals surface area contributed by atoms with Gasteiger partial charge in [-0.25, -0.2) is 0 Å². The summed E-state index contributed by atoms with van der Waals surface area (Å²) >= 11 is 0. The van der Waals surface area contributed by atoms with Crippen LogP contribution in [0.25, 0.3) is 0 Å². The topological polar surface area (TPSA) is 71.3 Å². The molecule has 0 aliphatic rings. The fraction of sp³-hybridized carbons (Fsp3) is 0.391. The Hall–Kier alpha value is -3.00. The molecule has 148 valence electrons. The van der Waals surface area contributed by atoms with Crippen molar-refractivity contribution in [2.24, 2.45) is 10.8 Å². The SMILES string of the molecule is CCOc1cc(Oc2ccc(NC(=O)C(C)(C)C(C)(C)C)cc2)ccc1C#N. The molecule has 0 saturated heterocycles. The highest BCUT2D eigenvalue weighted by Crippen LogP contribution is 2.39. The maximum atomic E-state index is 12.6. The second-order valence-corrected chi connectivity index (χ2v) is 8.16. The molecule has 1 N–H and O–H groups in total. The van der Waals surface area contributed by atoms with E-state index in [0.717, 1.165) is 0 Å². The van der Waals surface area contributed by atoms with Crippen molar-refractivity contribution in [3.05, 3.63) is 48.0 Å². The summed E-state index contributed by atoms with van der Waals surface area (Å²) in [5.74, 6) is 1.67. The highest BCUT2D eigenvalue weighted by atomic mass is 16.5. The van der Waals surface area contributed by atoms with Crippen molar-refractivity contribution >= 4 is 11.6 Å². The average Bonchev–Trinajstić information content (AvgIpc) is 2.63. The smallest absolute Gasteiger partial charge is 0.230 e. The van der Waals surface area contributed by atoms with E-state index in [4.69, 9.17) is 14.7 Å². The second kappa shape index (κ2) is 8.35. The molecule has 0 heterocycles. The number of nitrogens with one attached hydrogen (secondary N) is 1. The number of hydrogen-bond donors (Lipinski definition) is 1. The van der Waals surface area contributed by atoms with Crippen molar-refractivity contribution in [3.8, 4) is 23.3 Å². The van der Waals surface area contributed by atoms with E-state index in [-0.39, 0.29) is 11.3 Å². The summed E-state index contributed by atoms with van der Waals surface area (Å²) in [6, 6.07) is 14.4. The van der Waals surface area contributed by atoms with Gasteiger partial charge in [0, 0.05) is 17.2 Å². The van der Waals surface area contributed by atoms with Gasteiger partial charge in [0.15, 0.2) is 0 Å². The Labute approximate surface area is 167 Å². The third-order valence-corrected chi connectivity index (χ3v) is 5.16. The Bertz CT molecular complexity index is 872. The third-order valence-electron chi connectivity index (χ3n) is 5.16. The van der Waals surface area contributed by atoms with Crippen LogP contribution in [0.15, 0.2) is 42.5 Å². The van der Waals surface area contributed by atoms with E-state index >= 15 is 0 Å². The van der Waals surface area contributed by atoms with E-state index in [1.54, 1.807) is 42.5 Å². The molecule has 0 fully saturated rings. The van der Waals surface area contributed by atoms with Crippen molar-refractivity contribution in [3.63, 3.8) is 0 Å². The second-order valence-electron chi connectivity index (χ2n) is 8.16. The Balaban J connectivity index is 2.10. The number of amides is 1. The summed E-state index contributed by atoms with van der Waals surface area (Å²) in [6.07, 6.45) is 0. The number of ether oxygens (including phenoxy) is 2. The lowest BCUT2D eigenvalue weighted by atomic mass is 9.68. The Morgan fingerprint density at radius 1 is 1.04 bits per heavy atom. The summed E-state index contributed by atoms with van der Waals surface area (Å²) in [5, 5.41) is 12.1. The predicted octanol–water partition coefficient (Wildman–Crippen LogP) is 5.76. The van der Waals surface area contributed by atoms with Crippen LogP contribution < -0.4 is 14.8 Å². The fourth-order valence-corrected chi connectivity index (χ4v) is 2.30. The van der Waals surface area contributed by atoms with Gasteiger partial charge in [0.25, 0.3) is 0 Å². The number of carbonyl (C=O) groups is 1. The number of anilines is 1. The summed E-state index contributed by atoms with van der Waals surface area (Å²) < 4.78 is 11.3. The minimum Gasteiger partial charge on any atom is -0.492 e. The lowest BCUT2D eigenvalue weighted by molar-refractivity contribution is -0.129. The van der Waals surface area contributed by atoms with E-state index in [2.05, 4.69) is 32.2 Å². The van der Waals surface area contributed by atoms with Crippen LogP contribution in [0, 0.1) is 22.2 Å². The third kappa shape index (κ3) is 4.83. The van der Waals surface area contributed by atoms with Crippen LogP contribution in [-0.4, -0.2) is 12.5 Å². The number of rotatable bonds is 6. The number of benzene rings is 2. The zero-order chi connectivity index (χ0) is 20.9. The van der Waals surface area contributed by atoms with E-state index in [9.17, 15) is 4.79 Å². The molecule has 0 unspecified atom stereocenters. The number of hydrogen-bond acceptors (Lipinski definition) is 4. The lowest BCUT2D eigenvalue weighted by Crippen LogP contribution is -2.41. The van der Waals surface area contributed by atoms with Gasteiger partial charge in [-0.3, -0.25) is 4.79 Å². The Kier molecular flexibility index (Phi) is 6.35. The molecule has 0 aliphatic heterocycles. The van der Waals surface area contributed by atoms with Crippen LogP contribution in [0.4, 0.5) is 5.69 Å². The van der Waals surface area contributed by atoms with E-state index in [1.165, 1.54) is 0 Å². The summed E-state index contributed by atoms with van der Waals surface area (Å²) in [4.78, 5) is 12.6. The molecule has 0 saturated carbocycles. The molecule has 1 amide bonds. The van der Waals surface area contributed by atoms with Crippen molar-refractivity contribution in [1.82, 2.24) is 0 Å². The van der Waals surface area contributed by atoms with Crippen molar-refractivity contribution in [2.45, 2.75) is 41.5 Å². The van der Waals surface area contributed by atoms with Crippen molar-refractivity contribution in [1.29, 1.82) is 5.26 Å². The first kappa shape index (κ1) is 21.3. The maximum Gasteiger partial charge on any atom is 0.230 e. The van der Waals surface area contributed by atoms with E-state index in [0.29, 0.717) is 35.1 Å². The summed E-state index contributed by atoms with van der Waals surface area (Å²) in [6.45, 7) is 12.4. The Morgan fingerprint density at radius 3 is 2.18 bits per heavy atom. The first-order chi connectivity index (χ1) is 13.1. The molecule has 0 atom stereocenters. The van der Waals surface area contributed by atoms with Crippen molar-refractivity contribution < 1.29 is 14.3 Å². The quantitative estimate of drug-likeness (QED) is 0.691. The first-order valence-corrected chi connectivity index (χ1v) is 9.35. The molecule has 0 bridgehead atoms. The fourth-order valence-electron chi connectivity index (χ4n) is 2.30. The molecule has 0 aliphatic carbocycles. The zero-order valence-corrected chi connectivity index (χ0v) is 17.4. The monoisotopic (exact) mass is 380 g/mol. The van der Waals surface area contributed by atoms with Crippen LogP contribution in [0.2, 0.25) is 0 Å². The van der Waals surface area contributed by atoms with Gasteiger partial charge < -0.3 is 14.8 Å². The van der Waals surface area contributed by atoms with Gasteiger partial charge in [-0.2, -0.15) is 5.26 Å².